The number of hydrazone groups is 1. The number of benzene rings is 5. The molecular formula is C37H38N8. The van der Waals surface area contributed by atoms with Crippen LogP contribution < -0.4 is 21.4 Å². The summed E-state index contributed by atoms with van der Waals surface area (Å²) in [5, 5.41) is 14.3. The van der Waals surface area contributed by atoms with Crippen molar-refractivity contribution < 1.29 is 0 Å². The van der Waals surface area contributed by atoms with Gasteiger partial charge in [-0.25, -0.2) is 9.98 Å². The molecule has 0 aliphatic carbocycles. The van der Waals surface area contributed by atoms with Crippen LogP contribution in [-0.4, -0.2) is 44.4 Å². The van der Waals surface area contributed by atoms with Crippen molar-refractivity contribution in [2.24, 2.45) is 26.6 Å². The van der Waals surface area contributed by atoms with Gasteiger partial charge in [0.05, 0.1) is 17.9 Å². The summed E-state index contributed by atoms with van der Waals surface area (Å²) in [6, 6.07) is 47.8. The average Bonchev–Trinajstić information content (AvgIpc) is 3.13. The highest BCUT2D eigenvalue weighted by molar-refractivity contribution is 6.11. The predicted octanol–water partition coefficient (Wildman–Crippen LogP) is 6.70. The number of nitrogens with two attached hydrogens (primary N) is 2. The largest absolute Gasteiger partial charge is 0.383 e. The molecule has 5 aromatic rings. The minimum Gasteiger partial charge on any atom is -0.383 e. The van der Waals surface area contributed by atoms with E-state index < -0.39 is 0 Å². The molecule has 5 N–H and O–H groups in total. The lowest BCUT2D eigenvalue weighted by Crippen LogP contribution is -2.36. The van der Waals surface area contributed by atoms with Crippen LogP contribution in [0.1, 0.15) is 16.7 Å². The SMILES string of the molecule is C=NC(=N)c1ccccc1.CN.NC(=N/C(=N\N1CCN(c2ccccc2)c2ccccc21)c1ccccc1)c1ccccc1. The van der Waals surface area contributed by atoms with Crippen LogP contribution in [0.2, 0.25) is 0 Å². The second-order valence-electron chi connectivity index (χ2n) is 9.62. The van der Waals surface area contributed by atoms with Crippen LogP contribution in [0.15, 0.2) is 161 Å². The maximum atomic E-state index is 7.25. The van der Waals surface area contributed by atoms with Gasteiger partial charge in [0.2, 0.25) is 0 Å². The van der Waals surface area contributed by atoms with E-state index in [9.17, 15) is 0 Å². The quantitative estimate of drug-likeness (QED) is 0.155. The molecule has 45 heavy (non-hydrogen) atoms. The molecule has 8 nitrogen and oxygen atoms in total. The van der Waals surface area contributed by atoms with E-state index in [4.69, 9.17) is 21.2 Å². The number of anilines is 3. The number of para-hydroxylation sites is 3. The van der Waals surface area contributed by atoms with Gasteiger partial charge in [0.15, 0.2) is 11.7 Å². The first-order chi connectivity index (χ1) is 22.1. The molecule has 5 aromatic carbocycles. The van der Waals surface area contributed by atoms with Gasteiger partial charge >= 0.3 is 0 Å². The zero-order valence-corrected chi connectivity index (χ0v) is 25.4. The van der Waals surface area contributed by atoms with Gasteiger partial charge in [0, 0.05) is 28.9 Å². The Hall–Kier alpha value is -5.86. The third-order valence-electron chi connectivity index (χ3n) is 6.80. The van der Waals surface area contributed by atoms with E-state index >= 15 is 0 Å². The molecule has 0 aromatic heterocycles. The standard InChI is InChI=1S/C28H25N5.C8H8N2.CH5N/c29-27(22-12-4-1-5-13-22)30-28(23-14-6-2-7-15-23)31-33-21-20-32(24-16-8-3-9-17-24)25-18-10-11-19-26(25)33;1-10-8(9)7-5-3-2-4-6-7;1-2/h1-19H,20-21H2,(H2,29,30,31);2-6,9H,1H2;2H2,1H3. The van der Waals surface area contributed by atoms with Gasteiger partial charge in [-0.05, 0) is 38.0 Å². The van der Waals surface area contributed by atoms with Crippen molar-refractivity contribution in [2.75, 3.05) is 30.0 Å². The summed E-state index contributed by atoms with van der Waals surface area (Å²) in [5.41, 5.74) is 16.8. The summed E-state index contributed by atoms with van der Waals surface area (Å²) in [4.78, 5) is 10.6. The fourth-order valence-corrected chi connectivity index (χ4v) is 4.65. The first kappa shape index (κ1) is 32.1. The normalized spacial score (nSPS) is 12.5. The van der Waals surface area contributed by atoms with E-state index in [0.29, 0.717) is 11.7 Å². The summed E-state index contributed by atoms with van der Waals surface area (Å²) in [7, 11) is 1.50. The number of nitrogens with zero attached hydrogens (tertiary/aromatic N) is 5. The zero-order valence-electron chi connectivity index (χ0n) is 25.4. The Morgan fingerprint density at radius 1 is 0.622 bits per heavy atom. The van der Waals surface area contributed by atoms with Crippen LogP contribution in [-0.2, 0) is 0 Å². The maximum Gasteiger partial charge on any atom is 0.181 e. The fraction of sp³-hybridized carbons (Fsp3) is 0.0811. The highest BCUT2D eigenvalue weighted by Crippen LogP contribution is 2.37. The Morgan fingerprint density at radius 2 is 1.09 bits per heavy atom. The van der Waals surface area contributed by atoms with Crippen molar-refractivity contribution >= 4 is 41.3 Å². The van der Waals surface area contributed by atoms with Crippen molar-refractivity contribution in [3.63, 3.8) is 0 Å². The average molecular weight is 595 g/mol. The molecule has 1 aliphatic rings. The molecule has 0 radical (unpaired) electrons. The highest BCUT2D eigenvalue weighted by atomic mass is 15.5. The smallest absolute Gasteiger partial charge is 0.181 e. The maximum absolute atomic E-state index is 7.25. The van der Waals surface area contributed by atoms with Crippen molar-refractivity contribution in [3.8, 4) is 0 Å². The van der Waals surface area contributed by atoms with E-state index in [0.717, 1.165) is 41.2 Å². The number of hydrogen-bond donors (Lipinski definition) is 3. The number of rotatable bonds is 5. The fourth-order valence-electron chi connectivity index (χ4n) is 4.65. The van der Waals surface area contributed by atoms with Crippen LogP contribution in [0.25, 0.3) is 0 Å². The van der Waals surface area contributed by atoms with Crippen molar-refractivity contribution in [3.05, 3.63) is 162 Å². The molecule has 0 spiro atoms. The van der Waals surface area contributed by atoms with Gasteiger partial charge < -0.3 is 16.4 Å². The number of fused-ring (bicyclic) bond motifs is 1. The topological polar surface area (TPSA) is 119 Å². The number of amidine groups is 3. The Kier molecular flexibility index (Phi) is 11.9. The van der Waals surface area contributed by atoms with E-state index in [-0.39, 0.29) is 5.84 Å². The van der Waals surface area contributed by atoms with Gasteiger partial charge in [0.25, 0.3) is 0 Å². The van der Waals surface area contributed by atoms with E-state index in [2.05, 4.69) is 64.8 Å². The van der Waals surface area contributed by atoms with Crippen LogP contribution >= 0.6 is 0 Å². The molecule has 0 saturated heterocycles. The molecule has 0 amide bonds. The third kappa shape index (κ3) is 8.59. The Morgan fingerprint density at radius 3 is 1.64 bits per heavy atom. The lowest BCUT2D eigenvalue weighted by molar-refractivity contribution is 0.782. The predicted molar refractivity (Wildman–Crippen MR) is 190 cm³/mol. The van der Waals surface area contributed by atoms with Crippen molar-refractivity contribution in [1.29, 1.82) is 5.41 Å². The van der Waals surface area contributed by atoms with Gasteiger partial charge in [-0.3, -0.25) is 10.4 Å². The van der Waals surface area contributed by atoms with Crippen molar-refractivity contribution in [1.82, 2.24) is 0 Å². The molecule has 226 valence electrons. The van der Waals surface area contributed by atoms with E-state index in [1.54, 1.807) is 0 Å². The first-order valence-electron chi connectivity index (χ1n) is 14.6. The van der Waals surface area contributed by atoms with Gasteiger partial charge in [-0.1, -0.05) is 121 Å². The molecule has 1 heterocycles. The minimum atomic E-state index is 0.223. The van der Waals surface area contributed by atoms with Gasteiger partial charge in [-0.2, -0.15) is 5.10 Å². The van der Waals surface area contributed by atoms with Crippen LogP contribution in [0.5, 0.6) is 0 Å². The van der Waals surface area contributed by atoms with Gasteiger partial charge in [-0.15, -0.1) is 0 Å². The monoisotopic (exact) mass is 594 g/mol. The lowest BCUT2D eigenvalue weighted by atomic mass is 10.1. The molecule has 8 heteroatoms. The van der Waals surface area contributed by atoms with Gasteiger partial charge in [0.1, 0.15) is 5.84 Å². The summed E-state index contributed by atoms with van der Waals surface area (Å²) in [6.45, 7) is 4.80. The lowest BCUT2D eigenvalue weighted by Gasteiger charge is -2.36. The molecule has 6 rings (SSSR count). The van der Waals surface area contributed by atoms with E-state index in [1.165, 1.54) is 12.7 Å². The molecule has 0 bridgehead atoms. The number of aliphatic imine (C=N–C) groups is 2. The summed E-state index contributed by atoms with van der Waals surface area (Å²) in [6.07, 6.45) is 0. The summed E-state index contributed by atoms with van der Waals surface area (Å²) in [5.74, 6) is 1.25. The second-order valence-corrected chi connectivity index (χ2v) is 9.62. The molecular weight excluding hydrogens is 556 g/mol. The van der Waals surface area contributed by atoms with E-state index in [1.807, 2.05) is 108 Å². The van der Waals surface area contributed by atoms with Crippen LogP contribution in [0.3, 0.4) is 0 Å². The molecule has 0 atom stereocenters. The Bertz CT molecular complexity index is 1700. The summed E-state index contributed by atoms with van der Waals surface area (Å²) >= 11 is 0. The molecule has 0 unspecified atom stereocenters. The minimum absolute atomic E-state index is 0.223. The Labute approximate surface area is 265 Å². The summed E-state index contributed by atoms with van der Waals surface area (Å²) < 4.78 is 0. The van der Waals surface area contributed by atoms with Crippen LogP contribution in [0.4, 0.5) is 17.1 Å². The zero-order chi connectivity index (χ0) is 31.9. The third-order valence-corrected chi connectivity index (χ3v) is 6.80. The molecule has 1 aliphatic heterocycles. The van der Waals surface area contributed by atoms with Crippen molar-refractivity contribution in [2.45, 2.75) is 0 Å². The highest BCUT2D eigenvalue weighted by Gasteiger charge is 2.24. The number of nitrogens with one attached hydrogen (secondary N) is 1. The molecule has 0 saturated carbocycles. The molecule has 0 fully saturated rings. The second kappa shape index (κ2) is 16.7. The number of hydrogen-bond acceptors (Lipinski definition) is 5. The first-order valence-corrected chi connectivity index (χ1v) is 14.6. The van der Waals surface area contributed by atoms with Crippen LogP contribution in [0, 0.1) is 5.41 Å². The Balaban J connectivity index is 0.000000326.